The zero-order valence-corrected chi connectivity index (χ0v) is 5.97. The van der Waals surface area contributed by atoms with Crippen molar-refractivity contribution in [1.29, 1.82) is 0 Å². The van der Waals surface area contributed by atoms with E-state index in [4.69, 9.17) is 11.2 Å². The predicted molar refractivity (Wildman–Crippen MR) is 38.7 cm³/mol. The van der Waals surface area contributed by atoms with Gasteiger partial charge in [0.15, 0.2) is 11.4 Å². The molecular formula is C8H6FNO. The van der Waals surface area contributed by atoms with Crippen LogP contribution in [0.5, 0.6) is 5.75 Å². The minimum Gasteiger partial charge on any atom is -0.494 e. The van der Waals surface area contributed by atoms with Gasteiger partial charge in [-0.15, -0.1) is 6.42 Å². The van der Waals surface area contributed by atoms with Crippen LogP contribution in [0.3, 0.4) is 0 Å². The summed E-state index contributed by atoms with van der Waals surface area (Å²) >= 11 is 0. The Morgan fingerprint density at radius 2 is 2.45 bits per heavy atom. The number of terminal acetylenes is 1. The standard InChI is InChI=1S/C8H6FNO/c1-3-7-8(11-2)4-6(9)5-10-7/h1,4-5H,2H3. The lowest BCUT2D eigenvalue weighted by Crippen LogP contribution is -1.92. The van der Waals surface area contributed by atoms with Crippen LogP contribution in [0.2, 0.25) is 0 Å². The minimum absolute atomic E-state index is 0.285. The maximum Gasteiger partial charge on any atom is 0.156 e. The zero-order valence-electron chi connectivity index (χ0n) is 5.97. The number of rotatable bonds is 1. The molecule has 0 saturated carbocycles. The first-order valence-electron chi connectivity index (χ1n) is 2.94. The van der Waals surface area contributed by atoms with Crippen LogP contribution in [0.1, 0.15) is 5.69 Å². The monoisotopic (exact) mass is 151 g/mol. The number of ether oxygens (including phenoxy) is 1. The Balaban J connectivity index is 3.19. The average Bonchev–Trinajstić information content (AvgIpc) is 2.04. The van der Waals surface area contributed by atoms with Crippen molar-refractivity contribution in [2.75, 3.05) is 7.11 Å². The van der Waals surface area contributed by atoms with Gasteiger partial charge >= 0.3 is 0 Å². The Bertz CT molecular complexity index is 303. The van der Waals surface area contributed by atoms with Crippen molar-refractivity contribution in [3.05, 3.63) is 23.8 Å². The van der Waals surface area contributed by atoms with Gasteiger partial charge in [0.2, 0.25) is 0 Å². The lowest BCUT2D eigenvalue weighted by molar-refractivity contribution is 0.407. The summed E-state index contributed by atoms with van der Waals surface area (Å²) in [5.41, 5.74) is 0.314. The number of aromatic nitrogens is 1. The number of hydrogen-bond donors (Lipinski definition) is 0. The molecule has 0 N–H and O–H groups in total. The number of hydrogen-bond acceptors (Lipinski definition) is 2. The fourth-order valence-electron chi connectivity index (χ4n) is 0.685. The van der Waals surface area contributed by atoms with Gasteiger partial charge in [0.1, 0.15) is 5.82 Å². The van der Waals surface area contributed by atoms with Crippen molar-refractivity contribution in [2.24, 2.45) is 0 Å². The Hall–Kier alpha value is -1.56. The largest absolute Gasteiger partial charge is 0.494 e. The second-order valence-electron chi connectivity index (χ2n) is 1.85. The zero-order chi connectivity index (χ0) is 8.27. The Morgan fingerprint density at radius 1 is 1.73 bits per heavy atom. The molecule has 1 aromatic rings. The van der Waals surface area contributed by atoms with Crippen molar-refractivity contribution in [3.63, 3.8) is 0 Å². The molecule has 0 atom stereocenters. The Morgan fingerprint density at radius 3 is 3.00 bits per heavy atom. The van der Waals surface area contributed by atoms with Gasteiger partial charge in [-0.05, 0) is 5.92 Å². The van der Waals surface area contributed by atoms with Gasteiger partial charge in [-0.2, -0.15) is 0 Å². The van der Waals surface area contributed by atoms with Gasteiger partial charge in [-0.3, -0.25) is 0 Å². The summed E-state index contributed by atoms with van der Waals surface area (Å²) in [6, 6.07) is 1.20. The molecule has 1 rings (SSSR count). The molecule has 0 saturated heterocycles. The molecule has 0 unspecified atom stereocenters. The van der Waals surface area contributed by atoms with Crippen molar-refractivity contribution >= 4 is 0 Å². The molecule has 1 aromatic heterocycles. The second kappa shape index (κ2) is 3.02. The lowest BCUT2D eigenvalue weighted by atomic mass is 10.3. The fourth-order valence-corrected chi connectivity index (χ4v) is 0.685. The topological polar surface area (TPSA) is 22.1 Å². The van der Waals surface area contributed by atoms with Crippen molar-refractivity contribution in [2.45, 2.75) is 0 Å². The fraction of sp³-hybridized carbons (Fsp3) is 0.125. The molecule has 11 heavy (non-hydrogen) atoms. The van der Waals surface area contributed by atoms with E-state index in [9.17, 15) is 4.39 Å². The summed E-state index contributed by atoms with van der Waals surface area (Å²) in [6.45, 7) is 0. The third-order valence-corrected chi connectivity index (χ3v) is 1.18. The summed E-state index contributed by atoms with van der Waals surface area (Å²) in [7, 11) is 1.41. The van der Waals surface area contributed by atoms with E-state index in [1.807, 2.05) is 0 Å². The van der Waals surface area contributed by atoms with Crippen LogP contribution in [0, 0.1) is 18.2 Å². The second-order valence-corrected chi connectivity index (χ2v) is 1.85. The molecule has 2 nitrogen and oxygen atoms in total. The third-order valence-electron chi connectivity index (χ3n) is 1.18. The van der Waals surface area contributed by atoms with Crippen molar-refractivity contribution in [3.8, 4) is 18.1 Å². The number of methoxy groups -OCH3 is 1. The summed E-state index contributed by atoms with van der Waals surface area (Å²) in [5, 5.41) is 0. The van der Waals surface area contributed by atoms with E-state index in [0.717, 1.165) is 6.20 Å². The Labute approximate surface area is 64.0 Å². The van der Waals surface area contributed by atoms with E-state index in [-0.39, 0.29) is 5.75 Å². The lowest BCUT2D eigenvalue weighted by Gasteiger charge is -2.00. The predicted octanol–water partition coefficient (Wildman–Crippen LogP) is 1.21. The molecule has 0 amide bonds. The molecular weight excluding hydrogens is 145 g/mol. The molecule has 0 fully saturated rings. The van der Waals surface area contributed by atoms with Crippen LogP contribution in [-0.2, 0) is 0 Å². The molecule has 0 spiro atoms. The van der Waals surface area contributed by atoms with Crippen LogP contribution in [-0.4, -0.2) is 12.1 Å². The van der Waals surface area contributed by atoms with Gasteiger partial charge in [-0.1, -0.05) is 0 Å². The van der Waals surface area contributed by atoms with Gasteiger partial charge in [-0.25, -0.2) is 9.37 Å². The van der Waals surface area contributed by atoms with E-state index in [1.54, 1.807) is 0 Å². The molecule has 0 aliphatic heterocycles. The third kappa shape index (κ3) is 1.47. The van der Waals surface area contributed by atoms with Crippen LogP contribution in [0.15, 0.2) is 12.3 Å². The van der Waals surface area contributed by atoms with Crippen LogP contribution >= 0.6 is 0 Å². The first-order valence-corrected chi connectivity index (χ1v) is 2.94. The maximum absolute atomic E-state index is 12.5. The summed E-state index contributed by atoms with van der Waals surface area (Å²) in [5.74, 6) is 2.10. The molecule has 0 aromatic carbocycles. The highest BCUT2D eigenvalue weighted by Crippen LogP contribution is 2.14. The summed E-state index contributed by atoms with van der Waals surface area (Å²) in [4.78, 5) is 3.63. The SMILES string of the molecule is C#Cc1ncc(F)cc1OC. The number of pyridine rings is 1. The highest BCUT2D eigenvalue weighted by Gasteiger charge is 2.01. The van der Waals surface area contributed by atoms with Gasteiger partial charge in [0, 0.05) is 6.07 Å². The average molecular weight is 151 g/mol. The molecule has 56 valence electrons. The number of halogens is 1. The highest BCUT2D eigenvalue weighted by atomic mass is 19.1. The molecule has 0 radical (unpaired) electrons. The molecule has 3 heteroatoms. The normalized spacial score (nSPS) is 8.82. The quantitative estimate of drug-likeness (QED) is 0.563. The van der Waals surface area contributed by atoms with Gasteiger partial charge in [0.05, 0.1) is 13.3 Å². The first-order chi connectivity index (χ1) is 5.27. The Kier molecular flexibility index (Phi) is 2.07. The molecule has 0 aliphatic rings. The molecule has 1 heterocycles. The van der Waals surface area contributed by atoms with E-state index >= 15 is 0 Å². The number of nitrogens with zero attached hydrogens (tertiary/aromatic N) is 1. The molecule has 0 aliphatic carbocycles. The van der Waals surface area contributed by atoms with Crippen LogP contribution in [0.25, 0.3) is 0 Å². The van der Waals surface area contributed by atoms with E-state index in [0.29, 0.717) is 5.69 Å². The van der Waals surface area contributed by atoms with E-state index in [2.05, 4.69) is 10.9 Å². The highest BCUT2D eigenvalue weighted by molar-refractivity contribution is 5.38. The van der Waals surface area contributed by atoms with Gasteiger partial charge < -0.3 is 4.74 Å². The summed E-state index contributed by atoms with van der Waals surface area (Å²) < 4.78 is 17.2. The van der Waals surface area contributed by atoms with Gasteiger partial charge in [0.25, 0.3) is 0 Å². The van der Waals surface area contributed by atoms with Crippen LogP contribution in [0.4, 0.5) is 4.39 Å². The maximum atomic E-state index is 12.5. The van der Waals surface area contributed by atoms with Crippen LogP contribution < -0.4 is 4.74 Å². The molecule has 0 bridgehead atoms. The smallest absolute Gasteiger partial charge is 0.156 e. The van der Waals surface area contributed by atoms with E-state index < -0.39 is 5.82 Å². The minimum atomic E-state index is -0.458. The first kappa shape index (κ1) is 7.55. The summed E-state index contributed by atoms with van der Waals surface area (Å²) in [6.07, 6.45) is 6.11. The van der Waals surface area contributed by atoms with E-state index in [1.165, 1.54) is 13.2 Å². The van der Waals surface area contributed by atoms with Crippen molar-refractivity contribution in [1.82, 2.24) is 4.98 Å². The van der Waals surface area contributed by atoms with Crippen molar-refractivity contribution < 1.29 is 9.13 Å².